The number of pyridine rings is 1. The third-order valence-electron chi connectivity index (χ3n) is 3.42. The zero-order chi connectivity index (χ0) is 16.1. The highest BCUT2D eigenvalue weighted by atomic mass is 127. The van der Waals surface area contributed by atoms with E-state index in [1.165, 1.54) is 0 Å². The number of rotatable bonds is 4. The fourth-order valence-electron chi connectivity index (χ4n) is 2.02. The summed E-state index contributed by atoms with van der Waals surface area (Å²) >= 11 is 12.1. The summed E-state index contributed by atoms with van der Waals surface area (Å²) in [5.74, 6) is 0.693. The van der Waals surface area contributed by atoms with E-state index < -0.39 is 0 Å². The summed E-state index contributed by atoms with van der Waals surface area (Å²) in [5, 5.41) is 7.55. The summed E-state index contributed by atoms with van der Waals surface area (Å²) in [4.78, 5) is 8.55. The van der Waals surface area contributed by atoms with Crippen LogP contribution in [0.4, 0.5) is 0 Å². The normalized spacial score (nSPS) is 11.1. The summed E-state index contributed by atoms with van der Waals surface area (Å²) in [6.45, 7) is 3.22. The molecule has 2 N–H and O–H groups in total. The maximum Gasteiger partial charge on any atom is 0.191 e. The number of nitrogens with one attached hydrogen (secondary N) is 2. The Bertz CT molecular complexity index is 685. The van der Waals surface area contributed by atoms with E-state index in [1.807, 2.05) is 36.7 Å². The monoisotopic (exact) mass is 467 g/mol. The predicted octanol–water partition coefficient (Wildman–Crippen LogP) is 3.52. The maximum atomic E-state index is 6.06. The van der Waals surface area contributed by atoms with Crippen LogP contribution < -0.4 is 10.6 Å². The van der Waals surface area contributed by atoms with E-state index >= 15 is 0 Å². The number of aryl methyl sites for hydroxylation is 1. The molecule has 2 aromatic heterocycles. The molecule has 0 saturated carbocycles. The molecule has 0 saturated heterocycles. The number of halogens is 3. The van der Waals surface area contributed by atoms with Crippen LogP contribution in [0.25, 0.3) is 0 Å². The van der Waals surface area contributed by atoms with Gasteiger partial charge in [0, 0.05) is 26.0 Å². The summed E-state index contributed by atoms with van der Waals surface area (Å²) in [5.41, 5.74) is 3.12. The Morgan fingerprint density at radius 2 is 2.00 bits per heavy atom. The Balaban J connectivity index is 0.00000264. The molecule has 0 radical (unpaired) electrons. The van der Waals surface area contributed by atoms with E-state index in [4.69, 9.17) is 23.2 Å². The molecular formula is C15H20Cl2IN5. The van der Waals surface area contributed by atoms with Crippen LogP contribution in [0, 0.1) is 6.92 Å². The van der Waals surface area contributed by atoms with Gasteiger partial charge in [-0.2, -0.15) is 0 Å². The lowest BCUT2D eigenvalue weighted by atomic mass is 10.2. The Labute approximate surface area is 163 Å². The number of aromatic nitrogens is 2. The molecule has 2 rings (SSSR count). The molecule has 8 heteroatoms. The molecule has 0 aliphatic heterocycles. The summed E-state index contributed by atoms with van der Waals surface area (Å²) in [6.07, 6.45) is 1.79. The minimum absolute atomic E-state index is 0. The zero-order valence-electron chi connectivity index (χ0n) is 13.2. The SMILES string of the molecule is CN=C(NCc1ncccc1C)NCc1cc(Cl)c(Cl)n1C.I. The second kappa shape index (κ2) is 9.34. The van der Waals surface area contributed by atoms with Crippen LogP contribution in [0.2, 0.25) is 10.2 Å². The molecule has 2 heterocycles. The average Bonchev–Trinajstić information content (AvgIpc) is 2.76. The summed E-state index contributed by atoms with van der Waals surface area (Å²) < 4.78 is 1.84. The zero-order valence-corrected chi connectivity index (χ0v) is 17.1. The Hall–Kier alpha value is -0.990. The van der Waals surface area contributed by atoms with Crippen LogP contribution >= 0.6 is 47.2 Å². The predicted molar refractivity (Wildman–Crippen MR) is 107 cm³/mol. The second-order valence-corrected chi connectivity index (χ2v) is 5.64. The van der Waals surface area contributed by atoms with Gasteiger partial charge in [0.25, 0.3) is 0 Å². The quantitative estimate of drug-likeness (QED) is 0.411. The molecular weight excluding hydrogens is 448 g/mol. The van der Waals surface area contributed by atoms with Crippen LogP contribution in [0.3, 0.4) is 0 Å². The minimum atomic E-state index is 0. The smallest absolute Gasteiger partial charge is 0.191 e. The van der Waals surface area contributed by atoms with Crippen molar-refractivity contribution >= 4 is 53.1 Å². The largest absolute Gasteiger partial charge is 0.351 e. The first-order chi connectivity index (χ1) is 10.5. The van der Waals surface area contributed by atoms with Gasteiger partial charge < -0.3 is 15.2 Å². The lowest BCUT2D eigenvalue weighted by Gasteiger charge is -2.13. The van der Waals surface area contributed by atoms with Gasteiger partial charge in [-0.15, -0.1) is 24.0 Å². The van der Waals surface area contributed by atoms with Crippen LogP contribution in [0.1, 0.15) is 17.0 Å². The third kappa shape index (κ3) is 5.26. The molecule has 0 aromatic carbocycles. The van der Waals surface area contributed by atoms with E-state index in [2.05, 4.69) is 20.6 Å². The number of hydrogen-bond acceptors (Lipinski definition) is 2. The van der Waals surface area contributed by atoms with Crippen molar-refractivity contribution in [1.29, 1.82) is 0 Å². The highest BCUT2D eigenvalue weighted by Gasteiger charge is 2.09. The molecule has 126 valence electrons. The first kappa shape index (κ1) is 20.1. The molecule has 0 atom stereocenters. The molecule has 0 aliphatic rings. The van der Waals surface area contributed by atoms with Crippen molar-refractivity contribution in [3.63, 3.8) is 0 Å². The number of guanidine groups is 1. The van der Waals surface area contributed by atoms with Gasteiger partial charge in [0.05, 0.1) is 23.8 Å². The topological polar surface area (TPSA) is 54.2 Å². The number of aliphatic imine (C=N–C) groups is 1. The number of hydrogen-bond donors (Lipinski definition) is 2. The van der Waals surface area contributed by atoms with Gasteiger partial charge in [-0.3, -0.25) is 9.98 Å². The second-order valence-electron chi connectivity index (χ2n) is 4.88. The molecule has 0 bridgehead atoms. The Morgan fingerprint density at radius 3 is 2.57 bits per heavy atom. The van der Waals surface area contributed by atoms with Crippen LogP contribution in [0.15, 0.2) is 29.4 Å². The summed E-state index contributed by atoms with van der Waals surface area (Å²) in [7, 11) is 3.60. The van der Waals surface area contributed by atoms with Crippen molar-refractivity contribution < 1.29 is 0 Å². The third-order valence-corrected chi connectivity index (χ3v) is 4.26. The molecule has 0 aliphatic carbocycles. The Kier molecular flexibility index (Phi) is 8.15. The molecule has 0 unspecified atom stereocenters. The van der Waals surface area contributed by atoms with E-state index in [0.29, 0.717) is 29.2 Å². The molecule has 5 nitrogen and oxygen atoms in total. The van der Waals surface area contributed by atoms with Crippen molar-refractivity contribution in [3.05, 3.63) is 51.5 Å². The van der Waals surface area contributed by atoms with Crippen molar-refractivity contribution in [1.82, 2.24) is 20.2 Å². The minimum Gasteiger partial charge on any atom is -0.351 e. The van der Waals surface area contributed by atoms with Gasteiger partial charge in [-0.25, -0.2) is 0 Å². The van der Waals surface area contributed by atoms with Gasteiger partial charge in [0.2, 0.25) is 0 Å². The van der Waals surface area contributed by atoms with E-state index in [-0.39, 0.29) is 24.0 Å². The molecule has 0 spiro atoms. The summed E-state index contributed by atoms with van der Waals surface area (Å²) in [6, 6.07) is 5.80. The van der Waals surface area contributed by atoms with Crippen molar-refractivity contribution in [2.45, 2.75) is 20.0 Å². The van der Waals surface area contributed by atoms with E-state index in [1.54, 1.807) is 13.2 Å². The van der Waals surface area contributed by atoms with Crippen LogP contribution in [-0.4, -0.2) is 22.6 Å². The number of nitrogens with zero attached hydrogens (tertiary/aromatic N) is 3. The molecule has 0 fully saturated rings. The fraction of sp³-hybridized carbons (Fsp3) is 0.333. The lowest BCUT2D eigenvalue weighted by molar-refractivity contribution is 0.744. The van der Waals surface area contributed by atoms with Gasteiger partial charge in [-0.05, 0) is 24.6 Å². The van der Waals surface area contributed by atoms with Crippen LogP contribution in [-0.2, 0) is 20.1 Å². The molecule has 23 heavy (non-hydrogen) atoms. The standard InChI is InChI=1S/C15H19Cl2N5.HI/c1-10-5-4-6-19-13(10)9-21-15(18-2)20-8-11-7-12(16)14(17)22(11)3;/h4-7H,8-9H2,1-3H3,(H2,18,20,21);1H. The fourth-order valence-corrected chi connectivity index (χ4v) is 2.44. The molecule has 0 amide bonds. The van der Waals surface area contributed by atoms with Crippen molar-refractivity contribution in [2.24, 2.45) is 12.0 Å². The van der Waals surface area contributed by atoms with Gasteiger partial charge in [-0.1, -0.05) is 29.3 Å². The van der Waals surface area contributed by atoms with Crippen LogP contribution in [0.5, 0.6) is 0 Å². The lowest BCUT2D eigenvalue weighted by Crippen LogP contribution is -2.37. The highest BCUT2D eigenvalue weighted by molar-refractivity contribution is 14.0. The van der Waals surface area contributed by atoms with Gasteiger partial charge in [0.15, 0.2) is 5.96 Å². The van der Waals surface area contributed by atoms with Gasteiger partial charge in [0.1, 0.15) is 5.15 Å². The first-order valence-corrected chi connectivity index (χ1v) is 7.63. The van der Waals surface area contributed by atoms with E-state index in [9.17, 15) is 0 Å². The maximum absolute atomic E-state index is 6.06. The highest BCUT2D eigenvalue weighted by Crippen LogP contribution is 2.24. The van der Waals surface area contributed by atoms with Gasteiger partial charge >= 0.3 is 0 Å². The molecule has 2 aromatic rings. The average molecular weight is 468 g/mol. The Morgan fingerprint density at radius 1 is 1.30 bits per heavy atom. The van der Waals surface area contributed by atoms with Crippen molar-refractivity contribution in [3.8, 4) is 0 Å². The van der Waals surface area contributed by atoms with Crippen molar-refractivity contribution in [2.75, 3.05) is 7.05 Å². The van der Waals surface area contributed by atoms with E-state index in [0.717, 1.165) is 17.0 Å². The first-order valence-electron chi connectivity index (χ1n) is 6.87.